The second-order valence-corrected chi connectivity index (χ2v) is 9.40. The minimum Gasteiger partial charge on any atom is -0.497 e. The maximum absolute atomic E-state index is 13.2. The van der Waals surface area contributed by atoms with Gasteiger partial charge in [-0.2, -0.15) is 4.31 Å². The highest BCUT2D eigenvalue weighted by atomic mass is 32.2. The van der Waals surface area contributed by atoms with Crippen molar-refractivity contribution in [3.8, 4) is 17.2 Å². The van der Waals surface area contributed by atoms with E-state index in [2.05, 4.69) is 5.32 Å². The third-order valence-electron chi connectivity index (χ3n) is 5.30. The standard InChI is InChI=1S/C24H30N2O6S/c1-4-32-21-12-10-19(16-23(21)33(28,29)26-14-6-5-7-15-26)25-24(27)13-9-18-8-11-20(30-2)17-22(18)31-3/h8-13,16-17H,4-7,14-15H2,1-3H3,(H,25,27)/b13-9+. The average Bonchev–Trinajstić information content (AvgIpc) is 2.84. The first-order chi connectivity index (χ1) is 15.9. The number of carbonyl (C=O) groups is 1. The molecule has 1 fully saturated rings. The van der Waals surface area contributed by atoms with Crippen molar-refractivity contribution in [3.05, 3.63) is 48.0 Å². The molecule has 9 heteroatoms. The Morgan fingerprint density at radius 3 is 2.45 bits per heavy atom. The summed E-state index contributed by atoms with van der Waals surface area (Å²) >= 11 is 0. The van der Waals surface area contributed by atoms with Crippen LogP contribution in [-0.4, -0.2) is 52.5 Å². The van der Waals surface area contributed by atoms with Crippen molar-refractivity contribution in [1.82, 2.24) is 4.31 Å². The lowest BCUT2D eigenvalue weighted by atomic mass is 10.1. The van der Waals surface area contributed by atoms with Gasteiger partial charge in [-0.25, -0.2) is 8.42 Å². The fraction of sp³-hybridized carbons (Fsp3) is 0.375. The zero-order valence-electron chi connectivity index (χ0n) is 19.2. The number of benzene rings is 2. The Labute approximate surface area is 195 Å². The van der Waals surface area contributed by atoms with E-state index in [4.69, 9.17) is 14.2 Å². The fourth-order valence-electron chi connectivity index (χ4n) is 3.61. The van der Waals surface area contributed by atoms with E-state index in [9.17, 15) is 13.2 Å². The van der Waals surface area contributed by atoms with Gasteiger partial charge in [0.2, 0.25) is 15.9 Å². The zero-order chi connectivity index (χ0) is 23.8. The summed E-state index contributed by atoms with van der Waals surface area (Å²) in [5, 5.41) is 2.73. The van der Waals surface area contributed by atoms with E-state index >= 15 is 0 Å². The molecule has 0 aliphatic carbocycles. The molecule has 0 saturated carbocycles. The topological polar surface area (TPSA) is 94.2 Å². The predicted molar refractivity (Wildman–Crippen MR) is 127 cm³/mol. The molecule has 0 atom stereocenters. The number of anilines is 1. The Hall–Kier alpha value is -3.04. The van der Waals surface area contributed by atoms with Gasteiger partial charge >= 0.3 is 0 Å². The van der Waals surface area contributed by atoms with E-state index in [0.717, 1.165) is 19.3 Å². The number of nitrogens with one attached hydrogen (secondary N) is 1. The molecule has 2 aromatic carbocycles. The van der Waals surface area contributed by atoms with Gasteiger partial charge < -0.3 is 19.5 Å². The lowest BCUT2D eigenvalue weighted by molar-refractivity contribution is -0.111. The molecule has 33 heavy (non-hydrogen) atoms. The minimum absolute atomic E-state index is 0.0600. The first kappa shape index (κ1) is 24.6. The fourth-order valence-corrected chi connectivity index (χ4v) is 5.29. The van der Waals surface area contributed by atoms with Crippen molar-refractivity contribution >= 4 is 27.7 Å². The first-order valence-corrected chi connectivity index (χ1v) is 12.3. The molecule has 2 aromatic rings. The van der Waals surface area contributed by atoms with Gasteiger partial charge in [0.15, 0.2) is 0 Å². The molecular formula is C24H30N2O6S. The summed E-state index contributed by atoms with van der Waals surface area (Å²) < 4.78 is 44.1. The molecule has 1 saturated heterocycles. The maximum atomic E-state index is 13.2. The van der Waals surface area contributed by atoms with Crippen LogP contribution >= 0.6 is 0 Å². The summed E-state index contributed by atoms with van der Waals surface area (Å²) in [5.41, 5.74) is 1.07. The SMILES string of the molecule is CCOc1ccc(NC(=O)/C=C/c2ccc(OC)cc2OC)cc1S(=O)(=O)N1CCCCC1. The molecule has 3 rings (SSSR count). The second-order valence-electron chi connectivity index (χ2n) is 7.49. The smallest absolute Gasteiger partial charge is 0.248 e. The largest absolute Gasteiger partial charge is 0.497 e. The van der Waals surface area contributed by atoms with Gasteiger partial charge in [0.25, 0.3) is 0 Å². The molecule has 0 spiro atoms. The average molecular weight is 475 g/mol. The molecule has 1 aliphatic rings. The Morgan fingerprint density at radius 1 is 1.03 bits per heavy atom. The van der Waals surface area contributed by atoms with Crippen LogP contribution in [0.2, 0.25) is 0 Å². The van der Waals surface area contributed by atoms with Crippen molar-refractivity contribution in [2.75, 3.05) is 39.2 Å². The monoisotopic (exact) mass is 474 g/mol. The molecule has 1 amide bonds. The van der Waals surface area contributed by atoms with Crippen LogP contribution in [-0.2, 0) is 14.8 Å². The lowest BCUT2D eigenvalue weighted by Gasteiger charge is -2.26. The third kappa shape index (κ3) is 6.06. The number of piperidine rings is 1. The van der Waals surface area contributed by atoms with Gasteiger partial charge in [0.05, 0.1) is 20.8 Å². The van der Waals surface area contributed by atoms with Crippen LogP contribution in [0.1, 0.15) is 31.7 Å². The van der Waals surface area contributed by atoms with Crippen LogP contribution in [0.15, 0.2) is 47.4 Å². The van der Waals surface area contributed by atoms with Crippen LogP contribution in [0.25, 0.3) is 6.08 Å². The Morgan fingerprint density at radius 2 is 1.79 bits per heavy atom. The second kappa shape index (κ2) is 11.2. The van der Waals surface area contributed by atoms with E-state index in [-0.39, 0.29) is 10.6 Å². The first-order valence-electron chi connectivity index (χ1n) is 10.9. The van der Waals surface area contributed by atoms with Crippen LogP contribution in [0, 0.1) is 0 Å². The van der Waals surface area contributed by atoms with Crippen molar-refractivity contribution in [3.63, 3.8) is 0 Å². The quantitative estimate of drug-likeness (QED) is 0.554. The summed E-state index contributed by atoms with van der Waals surface area (Å²) in [7, 11) is -0.632. The molecule has 0 radical (unpaired) electrons. The molecule has 1 N–H and O–H groups in total. The third-order valence-corrected chi connectivity index (χ3v) is 7.22. The number of nitrogens with zero attached hydrogens (tertiary/aromatic N) is 1. The lowest BCUT2D eigenvalue weighted by Crippen LogP contribution is -2.35. The van der Waals surface area contributed by atoms with E-state index < -0.39 is 15.9 Å². The Kier molecular flexibility index (Phi) is 8.35. The Bertz CT molecular complexity index is 1110. The number of rotatable bonds is 9. The van der Waals surface area contributed by atoms with E-state index in [0.29, 0.717) is 42.4 Å². The van der Waals surface area contributed by atoms with Gasteiger partial charge in [-0.05, 0) is 56.2 Å². The van der Waals surface area contributed by atoms with Crippen molar-refractivity contribution in [1.29, 1.82) is 0 Å². The number of methoxy groups -OCH3 is 2. The van der Waals surface area contributed by atoms with Gasteiger partial charge in [-0.1, -0.05) is 6.42 Å². The highest BCUT2D eigenvalue weighted by molar-refractivity contribution is 7.89. The summed E-state index contributed by atoms with van der Waals surface area (Å²) in [4.78, 5) is 12.6. The van der Waals surface area contributed by atoms with Crippen LogP contribution in [0.4, 0.5) is 5.69 Å². The summed E-state index contributed by atoms with van der Waals surface area (Å²) in [6.45, 7) is 3.10. The van der Waals surface area contributed by atoms with Gasteiger partial charge in [-0.15, -0.1) is 0 Å². The number of ether oxygens (including phenoxy) is 3. The number of hydrogen-bond acceptors (Lipinski definition) is 6. The maximum Gasteiger partial charge on any atom is 0.248 e. The molecule has 8 nitrogen and oxygen atoms in total. The molecule has 1 heterocycles. The summed E-state index contributed by atoms with van der Waals surface area (Å²) in [6.07, 6.45) is 5.66. The van der Waals surface area contributed by atoms with Crippen molar-refractivity contribution in [2.45, 2.75) is 31.1 Å². The molecule has 0 unspecified atom stereocenters. The van der Waals surface area contributed by atoms with Crippen molar-refractivity contribution < 1.29 is 27.4 Å². The summed E-state index contributed by atoms with van der Waals surface area (Å²) in [5.74, 6) is 1.08. The molecule has 178 valence electrons. The molecule has 0 bridgehead atoms. The van der Waals surface area contributed by atoms with Gasteiger partial charge in [-0.3, -0.25) is 4.79 Å². The molecular weight excluding hydrogens is 444 g/mol. The van der Waals surface area contributed by atoms with Crippen LogP contribution < -0.4 is 19.5 Å². The van der Waals surface area contributed by atoms with E-state index in [1.807, 2.05) is 0 Å². The molecule has 1 aliphatic heterocycles. The summed E-state index contributed by atoms with van der Waals surface area (Å²) in [6, 6.07) is 9.92. The van der Waals surface area contributed by atoms with Crippen LogP contribution in [0.3, 0.4) is 0 Å². The van der Waals surface area contributed by atoms with Gasteiger partial charge in [0, 0.05) is 36.5 Å². The van der Waals surface area contributed by atoms with Crippen molar-refractivity contribution in [2.24, 2.45) is 0 Å². The van der Waals surface area contributed by atoms with Crippen LogP contribution in [0.5, 0.6) is 17.2 Å². The molecule has 0 aromatic heterocycles. The number of hydrogen-bond donors (Lipinski definition) is 1. The Balaban J connectivity index is 1.81. The van der Waals surface area contributed by atoms with Gasteiger partial charge in [0.1, 0.15) is 22.1 Å². The zero-order valence-corrected chi connectivity index (χ0v) is 20.0. The highest BCUT2D eigenvalue weighted by Crippen LogP contribution is 2.31. The van der Waals surface area contributed by atoms with E-state index in [1.54, 1.807) is 50.4 Å². The van der Waals surface area contributed by atoms with E-state index in [1.165, 1.54) is 23.6 Å². The predicted octanol–water partition coefficient (Wildman–Crippen LogP) is 3.93. The normalized spacial score (nSPS) is 14.8. The number of sulfonamides is 1. The number of carbonyl (C=O) groups excluding carboxylic acids is 1. The minimum atomic E-state index is -3.73. The highest BCUT2D eigenvalue weighted by Gasteiger charge is 2.29. The number of amides is 1.